The zero-order chi connectivity index (χ0) is 15.2. The summed E-state index contributed by atoms with van der Waals surface area (Å²) in [5.74, 6) is 1.15. The molecule has 2 aromatic carbocycles. The van der Waals surface area contributed by atoms with Gasteiger partial charge in [-0.1, -0.05) is 18.2 Å². The molecule has 0 atom stereocenters. The minimum Gasteiger partial charge on any atom is -0.497 e. The topological polar surface area (TPSA) is 61.6 Å². The Morgan fingerprint density at radius 2 is 1.81 bits per heavy atom. The Kier molecular flexibility index (Phi) is 4.56. The highest BCUT2D eigenvalue weighted by atomic mass is 16.6. The van der Waals surface area contributed by atoms with E-state index in [2.05, 4.69) is 0 Å². The number of methoxy groups -OCH3 is 2. The Labute approximate surface area is 122 Å². The molecule has 0 saturated carbocycles. The maximum Gasteiger partial charge on any atom is 0.277 e. The molecule has 0 aliphatic rings. The Bertz CT molecular complexity index is 665. The van der Waals surface area contributed by atoms with Crippen LogP contribution in [-0.4, -0.2) is 19.1 Å². The largest absolute Gasteiger partial charge is 0.497 e. The molecular weight excluding hydrogens is 270 g/mol. The van der Waals surface area contributed by atoms with Gasteiger partial charge in [-0.15, -0.1) is 0 Å². The summed E-state index contributed by atoms with van der Waals surface area (Å²) in [6.07, 6.45) is 1.49. The van der Waals surface area contributed by atoms with Crippen molar-refractivity contribution in [1.29, 1.82) is 0 Å². The monoisotopic (exact) mass is 285 g/mol. The fourth-order valence-electron chi connectivity index (χ4n) is 1.94. The molecule has 0 unspecified atom stereocenters. The highest BCUT2D eigenvalue weighted by molar-refractivity contribution is 5.78. The molecule has 108 valence electrons. The second-order valence-corrected chi connectivity index (χ2v) is 4.26. The van der Waals surface area contributed by atoms with Gasteiger partial charge in [-0.2, -0.15) is 0 Å². The highest BCUT2D eigenvalue weighted by Crippen LogP contribution is 2.28. The summed E-state index contributed by atoms with van der Waals surface area (Å²) in [7, 11) is 3.07. The Morgan fingerprint density at radius 1 is 1.10 bits per heavy atom. The van der Waals surface area contributed by atoms with Crippen molar-refractivity contribution >= 4 is 11.8 Å². The van der Waals surface area contributed by atoms with Crippen LogP contribution >= 0.6 is 0 Å². The molecule has 0 bridgehead atoms. The van der Waals surface area contributed by atoms with Crippen molar-refractivity contribution in [2.24, 2.45) is 0 Å². The summed E-state index contributed by atoms with van der Waals surface area (Å²) in [6.45, 7) is 0. The van der Waals surface area contributed by atoms with E-state index in [1.54, 1.807) is 49.6 Å². The van der Waals surface area contributed by atoms with Crippen LogP contribution in [0.15, 0.2) is 48.5 Å². The first kappa shape index (κ1) is 14.6. The average molecular weight is 285 g/mol. The summed E-state index contributed by atoms with van der Waals surface area (Å²) in [5, 5.41) is 11.3. The number of nitro groups is 1. The fraction of sp³-hybridized carbons (Fsp3) is 0.125. The Morgan fingerprint density at radius 3 is 2.38 bits per heavy atom. The number of hydrogen-bond acceptors (Lipinski definition) is 4. The molecule has 0 N–H and O–H groups in total. The normalized spacial score (nSPS) is 11.0. The molecule has 0 amide bonds. The molecule has 2 aromatic rings. The maximum absolute atomic E-state index is 11.3. The Hall–Kier alpha value is -2.82. The molecule has 0 saturated heterocycles. The van der Waals surface area contributed by atoms with Crippen molar-refractivity contribution in [3.05, 3.63) is 69.8 Å². The molecule has 2 rings (SSSR count). The second kappa shape index (κ2) is 6.56. The summed E-state index contributed by atoms with van der Waals surface area (Å²) in [5.41, 5.74) is 1.17. The summed E-state index contributed by atoms with van der Waals surface area (Å²) < 4.78 is 10.4. The van der Waals surface area contributed by atoms with Crippen LogP contribution in [0.4, 0.5) is 0 Å². The lowest BCUT2D eigenvalue weighted by Gasteiger charge is -2.07. The lowest BCUT2D eigenvalue weighted by atomic mass is 10.1. The van der Waals surface area contributed by atoms with Crippen LogP contribution in [-0.2, 0) is 0 Å². The van der Waals surface area contributed by atoms with Gasteiger partial charge in [-0.3, -0.25) is 10.1 Å². The Balaban J connectivity index is 2.51. The van der Waals surface area contributed by atoms with Crippen molar-refractivity contribution in [3.8, 4) is 11.5 Å². The number of benzene rings is 2. The SMILES string of the molecule is COc1ccc(C=C(c2ccccc2)[N+](=O)[O-])c(OC)c1. The quantitative estimate of drug-likeness (QED) is 0.479. The first-order valence-corrected chi connectivity index (χ1v) is 6.29. The predicted molar refractivity (Wildman–Crippen MR) is 80.9 cm³/mol. The lowest BCUT2D eigenvalue weighted by molar-refractivity contribution is -0.374. The van der Waals surface area contributed by atoms with E-state index in [9.17, 15) is 10.1 Å². The third kappa shape index (κ3) is 3.39. The van der Waals surface area contributed by atoms with Crippen molar-refractivity contribution < 1.29 is 14.4 Å². The zero-order valence-corrected chi connectivity index (χ0v) is 11.8. The molecule has 0 aliphatic heterocycles. The van der Waals surface area contributed by atoms with Crippen molar-refractivity contribution in [3.63, 3.8) is 0 Å². The lowest BCUT2D eigenvalue weighted by Crippen LogP contribution is -1.98. The van der Waals surface area contributed by atoms with Gasteiger partial charge < -0.3 is 9.47 Å². The van der Waals surface area contributed by atoms with Gasteiger partial charge in [-0.25, -0.2) is 0 Å². The number of nitrogens with zero attached hydrogens (tertiary/aromatic N) is 1. The van der Waals surface area contributed by atoms with E-state index in [4.69, 9.17) is 9.47 Å². The molecule has 0 radical (unpaired) electrons. The van der Waals surface area contributed by atoms with Crippen LogP contribution in [0.3, 0.4) is 0 Å². The first-order valence-electron chi connectivity index (χ1n) is 6.29. The molecule has 21 heavy (non-hydrogen) atoms. The third-order valence-corrected chi connectivity index (χ3v) is 3.00. The van der Waals surface area contributed by atoms with Crippen LogP contribution in [0, 0.1) is 10.1 Å². The van der Waals surface area contributed by atoms with Crippen molar-refractivity contribution in [2.75, 3.05) is 14.2 Å². The van der Waals surface area contributed by atoms with E-state index < -0.39 is 4.92 Å². The van der Waals surface area contributed by atoms with E-state index in [0.29, 0.717) is 22.6 Å². The van der Waals surface area contributed by atoms with Gasteiger partial charge in [0, 0.05) is 17.7 Å². The second-order valence-electron chi connectivity index (χ2n) is 4.26. The third-order valence-electron chi connectivity index (χ3n) is 3.00. The molecule has 5 nitrogen and oxygen atoms in total. The smallest absolute Gasteiger partial charge is 0.277 e. The summed E-state index contributed by atoms with van der Waals surface area (Å²) in [4.78, 5) is 10.9. The average Bonchev–Trinajstić information content (AvgIpc) is 2.53. The van der Waals surface area contributed by atoms with Crippen LogP contribution in [0.1, 0.15) is 11.1 Å². The summed E-state index contributed by atoms with van der Waals surface area (Å²) >= 11 is 0. The maximum atomic E-state index is 11.3. The van der Waals surface area contributed by atoms with Gasteiger partial charge in [0.15, 0.2) is 0 Å². The molecule has 0 fully saturated rings. The van der Waals surface area contributed by atoms with E-state index in [-0.39, 0.29) is 5.70 Å². The minimum atomic E-state index is -0.404. The van der Waals surface area contributed by atoms with Gasteiger partial charge in [0.1, 0.15) is 11.5 Å². The molecule has 0 aromatic heterocycles. The van der Waals surface area contributed by atoms with E-state index in [1.165, 1.54) is 13.2 Å². The van der Waals surface area contributed by atoms with Gasteiger partial charge in [-0.05, 0) is 24.3 Å². The first-order chi connectivity index (χ1) is 10.2. The molecule has 5 heteroatoms. The number of rotatable bonds is 5. The number of ether oxygens (including phenoxy) is 2. The van der Waals surface area contributed by atoms with Crippen LogP contribution in [0.2, 0.25) is 0 Å². The van der Waals surface area contributed by atoms with Gasteiger partial charge in [0.2, 0.25) is 0 Å². The molecule has 0 aliphatic carbocycles. The minimum absolute atomic E-state index is 0.0130. The van der Waals surface area contributed by atoms with Crippen LogP contribution < -0.4 is 9.47 Å². The van der Waals surface area contributed by atoms with Crippen molar-refractivity contribution in [1.82, 2.24) is 0 Å². The molecular formula is C16H15NO4. The van der Waals surface area contributed by atoms with Gasteiger partial charge >= 0.3 is 0 Å². The highest BCUT2D eigenvalue weighted by Gasteiger charge is 2.15. The van der Waals surface area contributed by atoms with Crippen LogP contribution in [0.5, 0.6) is 11.5 Å². The van der Waals surface area contributed by atoms with Gasteiger partial charge in [0.05, 0.1) is 24.7 Å². The van der Waals surface area contributed by atoms with E-state index in [0.717, 1.165) is 0 Å². The van der Waals surface area contributed by atoms with E-state index >= 15 is 0 Å². The number of hydrogen-bond donors (Lipinski definition) is 0. The fourth-order valence-corrected chi connectivity index (χ4v) is 1.94. The predicted octanol–water partition coefficient (Wildman–Crippen LogP) is 3.48. The molecule has 0 spiro atoms. The standard InChI is InChI=1S/C16H15NO4/c1-20-14-9-8-13(16(11-14)21-2)10-15(17(18)19)12-6-4-3-5-7-12/h3-11H,1-2H3. The summed E-state index contributed by atoms with van der Waals surface area (Å²) in [6, 6.07) is 13.9. The van der Waals surface area contributed by atoms with Gasteiger partial charge in [0.25, 0.3) is 5.70 Å². The van der Waals surface area contributed by atoms with E-state index in [1.807, 2.05) is 6.07 Å². The zero-order valence-electron chi connectivity index (χ0n) is 11.8. The molecule has 0 heterocycles. The van der Waals surface area contributed by atoms with Crippen LogP contribution in [0.25, 0.3) is 11.8 Å². The van der Waals surface area contributed by atoms with Crippen molar-refractivity contribution in [2.45, 2.75) is 0 Å².